The van der Waals surface area contributed by atoms with Crippen molar-refractivity contribution in [3.8, 4) is 0 Å². The molecule has 0 aliphatic carbocycles. The first-order chi connectivity index (χ1) is 5.38. The highest BCUT2D eigenvalue weighted by Gasteiger charge is 2.21. The number of Topliss-reactive ketones (excluding diaryl/α,β-unsaturated/α-hetero) is 1. The van der Waals surface area contributed by atoms with Crippen LogP contribution < -0.4 is 0 Å². The van der Waals surface area contributed by atoms with Crippen molar-refractivity contribution >= 4 is 24.2 Å². The average molecular weight is 209 g/mol. The predicted molar refractivity (Wildman–Crippen MR) is 53.0 cm³/mol. The molecule has 4 heteroatoms. The van der Waals surface area contributed by atoms with E-state index in [1.54, 1.807) is 27.7 Å². The molecule has 0 spiro atoms. The first-order valence-corrected chi connectivity index (χ1v) is 4.07. The lowest BCUT2D eigenvalue weighted by Crippen LogP contribution is -2.26. The number of halogens is 1. The Morgan fingerprint density at radius 3 is 2.00 bits per heavy atom. The lowest BCUT2D eigenvalue weighted by Gasteiger charge is -2.15. The number of hydrogen-bond acceptors (Lipinski definition) is 3. The molecule has 0 saturated carbocycles. The highest BCUT2D eigenvalue weighted by molar-refractivity contribution is 5.86. The molecule has 0 N–H and O–H groups in total. The summed E-state index contributed by atoms with van der Waals surface area (Å²) >= 11 is 0. The number of ketones is 1. The van der Waals surface area contributed by atoms with Gasteiger partial charge in [0, 0.05) is 11.8 Å². The summed E-state index contributed by atoms with van der Waals surface area (Å²) in [5.41, 5.74) is -0.423. The maximum atomic E-state index is 11.2. The zero-order chi connectivity index (χ0) is 9.78. The minimum atomic E-state index is -0.423. The molecule has 0 fully saturated rings. The predicted octanol–water partition coefficient (Wildman–Crippen LogP) is 1.98. The van der Waals surface area contributed by atoms with E-state index in [0.717, 1.165) is 0 Å². The van der Waals surface area contributed by atoms with Crippen molar-refractivity contribution in [2.45, 2.75) is 34.1 Å². The summed E-state index contributed by atoms with van der Waals surface area (Å²) in [5, 5.41) is 0. The minimum Gasteiger partial charge on any atom is -0.458 e. The van der Waals surface area contributed by atoms with Gasteiger partial charge in [-0.2, -0.15) is 0 Å². The van der Waals surface area contributed by atoms with Crippen LogP contribution in [0.5, 0.6) is 0 Å². The van der Waals surface area contributed by atoms with Crippen LogP contribution in [-0.2, 0) is 14.3 Å². The number of carbonyl (C=O) groups excluding carboxylic acids is 2. The molecule has 0 rings (SSSR count). The summed E-state index contributed by atoms with van der Waals surface area (Å²) < 4.78 is 4.69. The normalized spacial score (nSPS) is 10.2. The molecular formula is C9H17ClO3. The number of esters is 1. The van der Waals surface area contributed by atoms with Crippen molar-refractivity contribution < 1.29 is 14.3 Å². The number of hydrogen-bond donors (Lipinski definition) is 0. The molecule has 78 valence electrons. The van der Waals surface area contributed by atoms with Crippen LogP contribution in [0.3, 0.4) is 0 Å². The van der Waals surface area contributed by atoms with Crippen molar-refractivity contribution in [1.29, 1.82) is 0 Å². The fourth-order valence-electron chi connectivity index (χ4n) is 0.465. The fourth-order valence-corrected chi connectivity index (χ4v) is 0.465. The SMILES string of the molecule is CCC(=O)OCC(=O)C(C)(C)C.Cl. The van der Waals surface area contributed by atoms with Crippen molar-refractivity contribution in [3.63, 3.8) is 0 Å². The largest absolute Gasteiger partial charge is 0.458 e. The van der Waals surface area contributed by atoms with Gasteiger partial charge in [0.1, 0.15) is 0 Å². The Kier molecular flexibility index (Phi) is 6.86. The molecule has 0 saturated heterocycles. The summed E-state index contributed by atoms with van der Waals surface area (Å²) in [6, 6.07) is 0. The van der Waals surface area contributed by atoms with Crippen molar-refractivity contribution in [3.05, 3.63) is 0 Å². The third kappa shape index (κ3) is 6.58. The van der Waals surface area contributed by atoms with Crippen molar-refractivity contribution in [2.75, 3.05) is 6.61 Å². The van der Waals surface area contributed by atoms with Gasteiger partial charge in [0.2, 0.25) is 0 Å². The van der Waals surface area contributed by atoms with Crippen LogP contribution in [0.25, 0.3) is 0 Å². The van der Waals surface area contributed by atoms with E-state index in [4.69, 9.17) is 4.74 Å². The molecular weight excluding hydrogens is 192 g/mol. The van der Waals surface area contributed by atoms with E-state index in [-0.39, 0.29) is 30.8 Å². The molecule has 13 heavy (non-hydrogen) atoms. The van der Waals surface area contributed by atoms with Gasteiger partial charge in [-0.05, 0) is 0 Å². The van der Waals surface area contributed by atoms with E-state index in [1.165, 1.54) is 0 Å². The first kappa shape index (κ1) is 14.9. The van der Waals surface area contributed by atoms with E-state index >= 15 is 0 Å². The van der Waals surface area contributed by atoms with Gasteiger partial charge >= 0.3 is 5.97 Å². The second-order valence-electron chi connectivity index (χ2n) is 3.69. The van der Waals surface area contributed by atoms with E-state index < -0.39 is 5.41 Å². The summed E-state index contributed by atoms with van der Waals surface area (Å²) in [7, 11) is 0. The van der Waals surface area contributed by atoms with E-state index in [1.807, 2.05) is 0 Å². The molecule has 0 bridgehead atoms. The molecule has 0 aromatic carbocycles. The van der Waals surface area contributed by atoms with Gasteiger partial charge in [0.15, 0.2) is 12.4 Å². The van der Waals surface area contributed by atoms with Crippen LogP contribution in [0.1, 0.15) is 34.1 Å². The minimum absolute atomic E-state index is 0. The Morgan fingerprint density at radius 2 is 1.69 bits per heavy atom. The quantitative estimate of drug-likeness (QED) is 0.667. The third-order valence-electron chi connectivity index (χ3n) is 1.49. The Morgan fingerprint density at radius 1 is 1.23 bits per heavy atom. The molecule has 0 radical (unpaired) electrons. The van der Waals surface area contributed by atoms with Gasteiger partial charge in [0.25, 0.3) is 0 Å². The highest BCUT2D eigenvalue weighted by atomic mass is 35.5. The second kappa shape index (κ2) is 5.97. The molecule has 0 atom stereocenters. The molecule has 0 heterocycles. The zero-order valence-electron chi connectivity index (χ0n) is 8.55. The van der Waals surface area contributed by atoms with E-state index in [9.17, 15) is 9.59 Å². The fraction of sp³-hybridized carbons (Fsp3) is 0.778. The third-order valence-corrected chi connectivity index (χ3v) is 1.49. The van der Waals surface area contributed by atoms with Gasteiger partial charge in [-0.1, -0.05) is 27.7 Å². The molecule has 0 amide bonds. The highest BCUT2D eigenvalue weighted by Crippen LogP contribution is 2.14. The zero-order valence-corrected chi connectivity index (χ0v) is 9.36. The second-order valence-corrected chi connectivity index (χ2v) is 3.69. The Hall–Kier alpha value is -0.570. The smallest absolute Gasteiger partial charge is 0.305 e. The van der Waals surface area contributed by atoms with Crippen LogP contribution in [0.4, 0.5) is 0 Å². The molecule has 0 unspecified atom stereocenters. The molecule has 0 aliphatic rings. The Labute approximate surface area is 85.2 Å². The van der Waals surface area contributed by atoms with E-state index in [0.29, 0.717) is 6.42 Å². The van der Waals surface area contributed by atoms with Gasteiger partial charge in [-0.25, -0.2) is 0 Å². The molecule has 0 aliphatic heterocycles. The average Bonchev–Trinajstić information content (AvgIpc) is 1.97. The summed E-state index contributed by atoms with van der Waals surface area (Å²) in [5.74, 6) is -0.378. The summed E-state index contributed by atoms with van der Waals surface area (Å²) in [4.78, 5) is 21.9. The van der Waals surface area contributed by atoms with Crippen molar-refractivity contribution in [1.82, 2.24) is 0 Å². The lowest BCUT2D eigenvalue weighted by molar-refractivity contribution is -0.149. The first-order valence-electron chi connectivity index (χ1n) is 4.07. The Bertz CT molecular complexity index is 182. The Balaban J connectivity index is 0. The molecule has 0 aromatic rings. The summed E-state index contributed by atoms with van der Waals surface area (Å²) in [6.45, 7) is 7.00. The van der Waals surface area contributed by atoms with Crippen LogP contribution in [0.2, 0.25) is 0 Å². The standard InChI is InChI=1S/C9H16O3.ClH/c1-5-8(11)12-6-7(10)9(2,3)4;/h5-6H2,1-4H3;1H. The monoisotopic (exact) mass is 208 g/mol. The van der Waals surface area contributed by atoms with Crippen LogP contribution in [-0.4, -0.2) is 18.4 Å². The van der Waals surface area contributed by atoms with Gasteiger partial charge in [-0.15, -0.1) is 12.4 Å². The number of ether oxygens (including phenoxy) is 1. The lowest BCUT2D eigenvalue weighted by atomic mass is 9.91. The maximum Gasteiger partial charge on any atom is 0.305 e. The topological polar surface area (TPSA) is 43.4 Å². The van der Waals surface area contributed by atoms with E-state index in [2.05, 4.69) is 0 Å². The van der Waals surface area contributed by atoms with Gasteiger partial charge < -0.3 is 4.74 Å². The number of carbonyl (C=O) groups is 2. The van der Waals surface area contributed by atoms with Crippen LogP contribution in [0.15, 0.2) is 0 Å². The van der Waals surface area contributed by atoms with Crippen LogP contribution in [0, 0.1) is 5.41 Å². The molecule has 0 aromatic heterocycles. The maximum absolute atomic E-state index is 11.2. The van der Waals surface area contributed by atoms with Crippen LogP contribution >= 0.6 is 12.4 Å². The van der Waals surface area contributed by atoms with Gasteiger partial charge in [-0.3, -0.25) is 9.59 Å². The molecule has 3 nitrogen and oxygen atoms in total. The van der Waals surface area contributed by atoms with Gasteiger partial charge in [0.05, 0.1) is 0 Å². The summed E-state index contributed by atoms with van der Waals surface area (Å²) in [6.07, 6.45) is 0.317. The number of rotatable bonds is 3. The van der Waals surface area contributed by atoms with Crippen molar-refractivity contribution in [2.24, 2.45) is 5.41 Å².